The van der Waals surface area contributed by atoms with Crippen LogP contribution in [0.4, 0.5) is 13.2 Å². The first-order valence-electron chi connectivity index (χ1n) is 8.92. The van der Waals surface area contributed by atoms with Crippen molar-refractivity contribution in [3.63, 3.8) is 0 Å². The van der Waals surface area contributed by atoms with E-state index >= 15 is 0 Å². The molecule has 0 aromatic carbocycles. The van der Waals surface area contributed by atoms with Gasteiger partial charge in [-0.05, 0) is 26.3 Å². The molecule has 1 rings (SSSR count). The number of hydrogen-bond acceptors (Lipinski definition) is 5. The van der Waals surface area contributed by atoms with Crippen LogP contribution in [0.3, 0.4) is 0 Å². The largest absolute Gasteiger partial charge is 0.435 e. The van der Waals surface area contributed by atoms with Crippen molar-refractivity contribution in [3.8, 4) is 0 Å². The summed E-state index contributed by atoms with van der Waals surface area (Å²) in [7, 11) is 0. The molecule has 0 bridgehead atoms. The van der Waals surface area contributed by atoms with E-state index in [0.717, 1.165) is 23.6 Å². The number of aliphatic hydroxyl groups is 2. The van der Waals surface area contributed by atoms with E-state index in [2.05, 4.69) is 12.0 Å². The van der Waals surface area contributed by atoms with Gasteiger partial charge in [-0.1, -0.05) is 13.3 Å². The maximum Gasteiger partial charge on any atom is 0.435 e. The molecule has 0 aliphatic heterocycles. The zero-order valence-corrected chi connectivity index (χ0v) is 15.6. The highest BCUT2D eigenvalue weighted by Crippen LogP contribution is 2.27. The highest BCUT2D eigenvalue weighted by Gasteiger charge is 2.33. The summed E-state index contributed by atoms with van der Waals surface area (Å²) in [5.41, 5.74) is -0.981. The molecule has 0 amide bonds. The molecule has 1 aromatic heterocycles. The second kappa shape index (κ2) is 10.9. The first-order chi connectivity index (χ1) is 12.1. The van der Waals surface area contributed by atoms with Crippen LogP contribution in [0, 0.1) is 0 Å². The molecule has 1 heterocycles. The second-order valence-corrected chi connectivity index (χ2v) is 6.70. The van der Waals surface area contributed by atoms with E-state index < -0.39 is 24.1 Å². The molecule has 2 N–H and O–H groups in total. The monoisotopic (exact) mass is 381 g/mol. The van der Waals surface area contributed by atoms with E-state index in [-0.39, 0.29) is 25.7 Å². The van der Waals surface area contributed by atoms with Gasteiger partial charge in [0.15, 0.2) is 5.69 Å². The Labute approximate surface area is 152 Å². The number of hydrogen-bond donors (Lipinski definition) is 2. The first kappa shape index (κ1) is 22.9. The van der Waals surface area contributed by atoms with Crippen LogP contribution in [-0.2, 0) is 17.5 Å². The lowest BCUT2D eigenvalue weighted by molar-refractivity contribution is -0.141. The minimum atomic E-state index is -4.50. The third-order valence-electron chi connectivity index (χ3n) is 3.90. The molecule has 2 unspecified atom stereocenters. The molecule has 26 heavy (non-hydrogen) atoms. The fourth-order valence-electron chi connectivity index (χ4n) is 2.44. The van der Waals surface area contributed by atoms with Crippen molar-refractivity contribution in [1.82, 2.24) is 14.7 Å². The number of aromatic nitrogens is 2. The minimum absolute atomic E-state index is 0.0532. The van der Waals surface area contributed by atoms with E-state index in [1.807, 2.05) is 18.7 Å². The quantitative estimate of drug-likeness (QED) is 0.543. The highest BCUT2D eigenvalue weighted by molar-refractivity contribution is 5.03. The Morgan fingerprint density at radius 2 is 1.88 bits per heavy atom. The molecule has 0 aliphatic rings. The fraction of sp³-hybridized carbons (Fsp3) is 0.824. The predicted molar refractivity (Wildman–Crippen MR) is 91.7 cm³/mol. The molecular formula is C17H30F3N3O3. The number of aliphatic hydroxyl groups excluding tert-OH is 2. The summed E-state index contributed by atoms with van der Waals surface area (Å²) in [6.07, 6.45) is -2.95. The van der Waals surface area contributed by atoms with Crippen LogP contribution >= 0.6 is 0 Å². The lowest BCUT2D eigenvalue weighted by Gasteiger charge is -2.30. The van der Waals surface area contributed by atoms with Gasteiger partial charge in [0.1, 0.15) is 0 Å². The maximum absolute atomic E-state index is 12.6. The van der Waals surface area contributed by atoms with E-state index in [1.54, 1.807) is 0 Å². The zero-order chi connectivity index (χ0) is 19.7. The number of alkyl halides is 3. The SMILES string of the molecule is CCCCOCC(O)CN(CC(O)Cn1ccc(C(F)(F)F)n1)C(C)C. The lowest BCUT2D eigenvalue weighted by Crippen LogP contribution is -2.44. The zero-order valence-electron chi connectivity index (χ0n) is 15.6. The van der Waals surface area contributed by atoms with Crippen LogP contribution in [-0.4, -0.2) is 69.4 Å². The summed E-state index contributed by atoms with van der Waals surface area (Å²) in [6, 6.07) is 0.933. The molecule has 0 aliphatic carbocycles. The Bertz CT molecular complexity index is 509. The average Bonchev–Trinajstić information content (AvgIpc) is 2.99. The molecule has 0 fully saturated rings. The molecule has 0 saturated heterocycles. The molecule has 0 spiro atoms. The van der Waals surface area contributed by atoms with Gasteiger partial charge in [-0.3, -0.25) is 9.58 Å². The molecule has 1 aromatic rings. The summed E-state index contributed by atoms with van der Waals surface area (Å²) in [5, 5.41) is 23.7. The Kier molecular flexibility index (Phi) is 9.56. The van der Waals surface area contributed by atoms with Gasteiger partial charge < -0.3 is 14.9 Å². The Morgan fingerprint density at radius 1 is 1.23 bits per heavy atom. The molecule has 2 atom stereocenters. The summed E-state index contributed by atoms with van der Waals surface area (Å²) in [6.45, 7) is 7.19. The van der Waals surface area contributed by atoms with E-state index in [9.17, 15) is 23.4 Å². The van der Waals surface area contributed by atoms with Crippen LogP contribution in [0.1, 0.15) is 39.3 Å². The summed E-state index contributed by atoms with van der Waals surface area (Å²) in [5.74, 6) is 0. The van der Waals surface area contributed by atoms with Gasteiger partial charge in [0.05, 0.1) is 25.4 Å². The smallest absolute Gasteiger partial charge is 0.390 e. The maximum atomic E-state index is 12.6. The Hall–Kier alpha value is -1.16. The van der Waals surface area contributed by atoms with Gasteiger partial charge in [-0.25, -0.2) is 0 Å². The molecule has 0 radical (unpaired) electrons. The van der Waals surface area contributed by atoms with Crippen LogP contribution in [0.15, 0.2) is 12.3 Å². The molecule has 9 heteroatoms. The standard InChI is InChI=1S/C17H30F3N3O3/c1-4-5-8-26-12-15(25)10-22(13(2)3)9-14(24)11-23-7-6-16(21-23)17(18,19)20/h6-7,13-15,24-25H,4-5,8-12H2,1-3H3. The van der Waals surface area contributed by atoms with Crippen LogP contribution in [0.25, 0.3) is 0 Å². The average molecular weight is 381 g/mol. The Morgan fingerprint density at radius 3 is 2.42 bits per heavy atom. The number of rotatable bonds is 12. The van der Waals surface area contributed by atoms with Gasteiger partial charge in [0.25, 0.3) is 0 Å². The molecule has 0 saturated carbocycles. The molecular weight excluding hydrogens is 351 g/mol. The van der Waals surface area contributed by atoms with Crippen molar-refractivity contribution in [1.29, 1.82) is 0 Å². The van der Waals surface area contributed by atoms with Crippen LogP contribution in [0.2, 0.25) is 0 Å². The van der Waals surface area contributed by atoms with E-state index in [1.165, 1.54) is 6.20 Å². The van der Waals surface area contributed by atoms with Gasteiger partial charge in [-0.2, -0.15) is 18.3 Å². The predicted octanol–water partition coefficient (Wildman–Crippen LogP) is 2.15. The topological polar surface area (TPSA) is 70.8 Å². The van der Waals surface area contributed by atoms with Gasteiger partial charge in [0, 0.05) is 31.9 Å². The normalized spacial score (nSPS) is 15.0. The van der Waals surface area contributed by atoms with E-state index in [4.69, 9.17) is 4.74 Å². The van der Waals surface area contributed by atoms with E-state index in [0.29, 0.717) is 13.2 Å². The van der Waals surface area contributed by atoms with Gasteiger partial charge in [-0.15, -0.1) is 0 Å². The van der Waals surface area contributed by atoms with Crippen molar-refractivity contribution in [2.75, 3.05) is 26.3 Å². The molecule has 152 valence electrons. The highest BCUT2D eigenvalue weighted by atomic mass is 19.4. The number of unbranched alkanes of at least 4 members (excludes halogenated alkanes) is 1. The lowest BCUT2D eigenvalue weighted by atomic mass is 10.2. The summed E-state index contributed by atoms with van der Waals surface area (Å²) < 4.78 is 44.2. The number of nitrogens with zero attached hydrogens (tertiary/aromatic N) is 3. The number of halogens is 3. The van der Waals surface area contributed by atoms with Crippen molar-refractivity contribution in [2.24, 2.45) is 0 Å². The van der Waals surface area contributed by atoms with Crippen molar-refractivity contribution in [2.45, 2.75) is 64.6 Å². The second-order valence-electron chi connectivity index (χ2n) is 6.70. The van der Waals surface area contributed by atoms with Gasteiger partial charge >= 0.3 is 6.18 Å². The Balaban J connectivity index is 2.49. The minimum Gasteiger partial charge on any atom is -0.390 e. The number of ether oxygens (including phenoxy) is 1. The van der Waals surface area contributed by atoms with Crippen molar-refractivity contribution in [3.05, 3.63) is 18.0 Å². The van der Waals surface area contributed by atoms with Crippen molar-refractivity contribution >= 4 is 0 Å². The van der Waals surface area contributed by atoms with Crippen molar-refractivity contribution < 1.29 is 28.1 Å². The molecule has 6 nitrogen and oxygen atoms in total. The summed E-state index contributed by atoms with van der Waals surface area (Å²) >= 11 is 0. The third-order valence-corrected chi connectivity index (χ3v) is 3.90. The van der Waals surface area contributed by atoms with Crippen LogP contribution < -0.4 is 0 Å². The third kappa shape index (κ3) is 8.48. The van der Waals surface area contributed by atoms with Gasteiger partial charge in [0.2, 0.25) is 0 Å². The summed E-state index contributed by atoms with van der Waals surface area (Å²) in [4.78, 5) is 1.87. The fourth-order valence-corrected chi connectivity index (χ4v) is 2.44. The van der Waals surface area contributed by atoms with Crippen LogP contribution in [0.5, 0.6) is 0 Å². The first-order valence-corrected chi connectivity index (χ1v) is 8.92.